The van der Waals surface area contributed by atoms with Gasteiger partial charge in [-0.25, -0.2) is 0 Å². The first-order chi connectivity index (χ1) is 13.5. The second-order valence-corrected chi connectivity index (χ2v) is 7.44. The topological polar surface area (TPSA) is 35.5 Å². The molecular formula is C22H13Cl3O3. The number of hydrogen-bond acceptors (Lipinski definition) is 3. The molecule has 1 heterocycles. The summed E-state index contributed by atoms with van der Waals surface area (Å²) in [6.45, 7) is 0.385. The molecule has 0 aromatic heterocycles. The third-order valence-electron chi connectivity index (χ3n) is 4.20. The zero-order valence-electron chi connectivity index (χ0n) is 14.4. The summed E-state index contributed by atoms with van der Waals surface area (Å²) in [4.78, 5) is 12.6. The van der Waals surface area contributed by atoms with Gasteiger partial charge in [-0.15, -0.1) is 0 Å². The fourth-order valence-electron chi connectivity index (χ4n) is 2.76. The van der Waals surface area contributed by atoms with Crippen molar-refractivity contribution in [3.8, 4) is 11.5 Å². The average molecular weight is 432 g/mol. The number of carbonyl (C=O) groups excluding carboxylic acids is 1. The van der Waals surface area contributed by atoms with Crippen LogP contribution in [0.25, 0.3) is 6.08 Å². The van der Waals surface area contributed by atoms with Gasteiger partial charge >= 0.3 is 0 Å². The Labute approximate surface area is 177 Å². The number of allylic oxidation sites excluding steroid dienone is 1. The Kier molecular flexibility index (Phi) is 5.31. The van der Waals surface area contributed by atoms with Gasteiger partial charge < -0.3 is 9.47 Å². The maximum atomic E-state index is 12.6. The average Bonchev–Trinajstić information content (AvgIpc) is 2.99. The van der Waals surface area contributed by atoms with Gasteiger partial charge in [0.05, 0.1) is 15.6 Å². The van der Waals surface area contributed by atoms with E-state index < -0.39 is 0 Å². The van der Waals surface area contributed by atoms with Crippen LogP contribution in [-0.4, -0.2) is 5.78 Å². The Morgan fingerprint density at radius 3 is 2.43 bits per heavy atom. The maximum absolute atomic E-state index is 12.6. The number of ketones is 1. The highest BCUT2D eigenvalue weighted by Gasteiger charge is 2.27. The third-order valence-corrected chi connectivity index (χ3v) is 5.19. The molecule has 3 aromatic carbocycles. The van der Waals surface area contributed by atoms with Crippen LogP contribution in [-0.2, 0) is 6.61 Å². The quantitative estimate of drug-likeness (QED) is 0.424. The Morgan fingerprint density at radius 2 is 1.68 bits per heavy atom. The maximum Gasteiger partial charge on any atom is 0.231 e. The van der Waals surface area contributed by atoms with E-state index in [9.17, 15) is 4.79 Å². The molecule has 140 valence electrons. The lowest BCUT2D eigenvalue weighted by Gasteiger charge is -2.07. The summed E-state index contributed by atoms with van der Waals surface area (Å²) in [6, 6.07) is 17.7. The first-order valence-corrected chi connectivity index (χ1v) is 9.53. The number of benzene rings is 3. The van der Waals surface area contributed by atoms with Gasteiger partial charge in [-0.3, -0.25) is 4.79 Å². The van der Waals surface area contributed by atoms with Crippen molar-refractivity contribution in [2.45, 2.75) is 6.61 Å². The number of rotatable bonds is 4. The minimum absolute atomic E-state index is 0.190. The summed E-state index contributed by atoms with van der Waals surface area (Å²) in [6.07, 6.45) is 1.64. The molecular weight excluding hydrogens is 419 g/mol. The summed E-state index contributed by atoms with van der Waals surface area (Å²) in [5.41, 5.74) is 2.21. The van der Waals surface area contributed by atoms with Gasteiger partial charge in [0.15, 0.2) is 5.76 Å². The van der Waals surface area contributed by atoms with Crippen LogP contribution in [0.4, 0.5) is 0 Å². The van der Waals surface area contributed by atoms with Crippen molar-refractivity contribution in [1.82, 2.24) is 0 Å². The number of fused-ring (bicyclic) bond motifs is 1. The van der Waals surface area contributed by atoms with Crippen molar-refractivity contribution in [3.63, 3.8) is 0 Å². The summed E-state index contributed by atoms with van der Waals surface area (Å²) in [5.74, 6) is 1.11. The Bertz CT molecular complexity index is 1090. The number of Topliss-reactive ketones (excluding diaryl/α,β-unsaturated/α-hetero) is 1. The van der Waals surface area contributed by atoms with Crippen molar-refractivity contribution in [1.29, 1.82) is 0 Å². The number of carbonyl (C=O) groups is 1. The van der Waals surface area contributed by atoms with E-state index in [1.807, 2.05) is 24.3 Å². The lowest BCUT2D eigenvalue weighted by molar-refractivity contribution is 0.101. The van der Waals surface area contributed by atoms with Crippen molar-refractivity contribution >= 4 is 46.7 Å². The molecule has 0 radical (unpaired) electrons. The molecule has 0 unspecified atom stereocenters. The molecule has 3 aromatic rings. The Balaban J connectivity index is 1.51. The molecule has 0 saturated carbocycles. The van der Waals surface area contributed by atoms with Crippen LogP contribution in [0, 0.1) is 0 Å². The molecule has 0 fully saturated rings. The fraction of sp³-hybridized carbons (Fsp3) is 0.0455. The molecule has 1 aliphatic rings. The van der Waals surface area contributed by atoms with E-state index in [-0.39, 0.29) is 11.5 Å². The highest BCUT2D eigenvalue weighted by molar-refractivity contribution is 6.42. The second kappa shape index (κ2) is 7.88. The van der Waals surface area contributed by atoms with Crippen molar-refractivity contribution in [2.75, 3.05) is 0 Å². The van der Waals surface area contributed by atoms with Crippen LogP contribution in [0.3, 0.4) is 0 Å². The molecule has 0 atom stereocenters. The normalized spacial score (nSPS) is 14.1. The van der Waals surface area contributed by atoms with E-state index >= 15 is 0 Å². The molecule has 0 aliphatic carbocycles. The second-order valence-electron chi connectivity index (χ2n) is 6.19. The van der Waals surface area contributed by atoms with E-state index in [0.717, 1.165) is 11.1 Å². The summed E-state index contributed by atoms with van der Waals surface area (Å²) in [5, 5.41) is 1.54. The van der Waals surface area contributed by atoms with E-state index in [1.54, 1.807) is 42.5 Å². The molecule has 3 nitrogen and oxygen atoms in total. The van der Waals surface area contributed by atoms with Crippen LogP contribution >= 0.6 is 34.8 Å². The molecule has 0 bridgehead atoms. The van der Waals surface area contributed by atoms with E-state index in [1.165, 1.54) is 0 Å². The SMILES string of the molecule is O=C1C(=Cc2ccc(Cl)c(Cl)c2)Oc2cc(OCc3ccc(Cl)cc3)ccc21. The molecule has 0 N–H and O–H groups in total. The molecule has 0 saturated heterocycles. The lowest BCUT2D eigenvalue weighted by atomic mass is 10.1. The van der Waals surface area contributed by atoms with Crippen molar-refractivity contribution in [3.05, 3.63) is 98.2 Å². The van der Waals surface area contributed by atoms with E-state index in [0.29, 0.717) is 38.7 Å². The summed E-state index contributed by atoms with van der Waals surface area (Å²) >= 11 is 17.8. The van der Waals surface area contributed by atoms with Crippen LogP contribution < -0.4 is 9.47 Å². The highest BCUT2D eigenvalue weighted by Crippen LogP contribution is 2.35. The van der Waals surface area contributed by atoms with Gasteiger partial charge in [0.25, 0.3) is 0 Å². The van der Waals surface area contributed by atoms with Gasteiger partial charge in [0.2, 0.25) is 5.78 Å². The number of halogens is 3. The predicted octanol–water partition coefficient (Wildman–Crippen LogP) is 6.84. The predicted molar refractivity (Wildman–Crippen MR) is 112 cm³/mol. The van der Waals surface area contributed by atoms with Crippen LogP contribution in [0.15, 0.2) is 66.4 Å². The van der Waals surface area contributed by atoms with Crippen LogP contribution in [0.2, 0.25) is 15.1 Å². The highest BCUT2D eigenvalue weighted by atomic mass is 35.5. The zero-order chi connectivity index (χ0) is 19.7. The summed E-state index contributed by atoms with van der Waals surface area (Å²) < 4.78 is 11.5. The first kappa shape index (κ1) is 18.9. The van der Waals surface area contributed by atoms with Gasteiger partial charge in [-0.05, 0) is 53.6 Å². The molecule has 0 spiro atoms. The van der Waals surface area contributed by atoms with Gasteiger partial charge in [0.1, 0.15) is 18.1 Å². The monoisotopic (exact) mass is 430 g/mol. The lowest BCUT2D eigenvalue weighted by Crippen LogP contribution is -1.98. The molecule has 0 amide bonds. The van der Waals surface area contributed by atoms with Gasteiger partial charge in [-0.1, -0.05) is 53.0 Å². The van der Waals surface area contributed by atoms with Gasteiger partial charge in [-0.2, -0.15) is 0 Å². The van der Waals surface area contributed by atoms with Crippen LogP contribution in [0.5, 0.6) is 11.5 Å². The molecule has 4 rings (SSSR count). The molecule has 6 heteroatoms. The smallest absolute Gasteiger partial charge is 0.231 e. The van der Waals surface area contributed by atoms with Crippen molar-refractivity contribution < 1.29 is 14.3 Å². The standard InChI is InChI=1S/C22H13Cl3O3/c23-15-4-1-13(2-5-15)12-27-16-6-7-17-20(11-16)28-21(22(17)26)10-14-3-8-18(24)19(25)9-14/h1-11H,12H2. The Morgan fingerprint density at radius 1 is 0.893 bits per heavy atom. The number of ether oxygens (including phenoxy) is 2. The molecule has 28 heavy (non-hydrogen) atoms. The molecule has 1 aliphatic heterocycles. The number of hydrogen-bond donors (Lipinski definition) is 0. The largest absolute Gasteiger partial charge is 0.489 e. The Hall–Kier alpha value is -2.46. The van der Waals surface area contributed by atoms with Crippen LogP contribution in [0.1, 0.15) is 21.5 Å². The zero-order valence-corrected chi connectivity index (χ0v) is 16.7. The van der Waals surface area contributed by atoms with E-state index in [4.69, 9.17) is 44.3 Å². The minimum Gasteiger partial charge on any atom is -0.489 e. The first-order valence-electron chi connectivity index (χ1n) is 8.40. The summed E-state index contributed by atoms with van der Waals surface area (Å²) in [7, 11) is 0. The third kappa shape index (κ3) is 4.02. The van der Waals surface area contributed by atoms with Gasteiger partial charge in [0, 0.05) is 11.1 Å². The minimum atomic E-state index is -0.190. The van der Waals surface area contributed by atoms with E-state index in [2.05, 4.69) is 0 Å². The van der Waals surface area contributed by atoms with Crippen molar-refractivity contribution in [2.24, 2.45) is 0 Å². The fourth-order valence-corrected chi connectivity index (χ4v) is 3.19.